The normalized spacial score (nSPS) is 22.8. The van der Waals surface area contributed by atoms with Gasteiger partial charge in [-0.1, -0.05) is 12.1 Å². The lowest BCUT2D eigenvalue weighted by Gasteiger charge is -2.11. The summed E-state index contributed by atoms with van der Waals surface area (Å²) in [7, 11) is 1.66. The second-order valence-electron chi connectivity index (χ2n) is 4.68. The minimum atomic E-state index is -0.205. The molecule has 1 fully saturated rings. The molecule has 0 bridgehead atoms. The molecule has 2 heterocycles. The first-order chi connectivity index (χ1) is 9.28. The van der Waals surface area contributed by atoms with Gasteiger partial charge in [-0.15, -0.1) is 0 Å². The largest absolute Gasteiger partial charge is 0.380 e. The van der Waals surface area contributed by atoms with Crippen LogP contribution in [0.3, 0.4) is 0 Å². The molecular weight excluding hydrogens is 244 g/mol. The van der Waals surface area contributed by atoms with Crippen molar-refractivity contribution in [2.24, 2.45) is 0 Å². The number of anilines is 1. The Morgan fingerprint density at radius 3 is 3.21 bits per heavy atom. The van der Waals surface area contributed by atoms with Crippen LogP contribution in [-0.4, -0.2) is 41.9 Å². The number of aromatic amines is 1. The fourth-order valence-electron chi connectivity index (χ4n) is 2.38. The van der Waals surface area contributed by atoms with Gasteiger partial charge in [-0.25, -0.2) is 0 Å². The van der Waals surface area contributed by atoms with Crippen LogP contribution in [-0.2, 0) is 9.53 Å². The number of carbonyl (C=O) groups excluding carboxylic acids is 1. The number of hydrogen-bond donors (Lipinski definition) is 3. The quantitative estimate of drug-likeness (QED) is 0.765. The number of carbonyl (C=O) groups is 1. The zero-order valence-corrected chi connectivity index (χ0v) is 10.6. The van der Waals surface area contributed by atoms with Crippen molar-refractivity contribution in [1.82, 2.24) is 15.5 Å². The third-order valence-electron chi connectivity index (χ3n) is 3.47. The molecule has 1 aliphatic heterocycles. The Bertz CT molecular complexity index is 595. The van der Waals surface area contributed by atoms with Gasteiger partial charge in [-0.3, -0.25) is 9.89 Å². The number of hydrogen-bond acceptors (Lipinski definition) is 4. The Kier molecular flexibility index (Phi) is 3.18. The van der Waals surface area contributed by atoms with Crippen molar-refractivity contribution >= 4 is 22.5 Å². The molecule has 1 aromatic heterocycles. The number of amides is 1. The number of aromatic nitrogens is 2. The van der Waals surface area contributed by atoms with Crippen molar-refractivity contribution in [3.8, 4) is 0 Å². The number of methoxy groups -OCH3 is 1. The number of para-hydroxylation sites is 1. The van der Waals surface area contributed by atoms with E-state index in [-0.39, 0.29) is 18.1 Å². The second kappa shape index (κ2) is 4.99. The van der Waals surface area contributed by atoms with E-state index in [0.717, 1.165) is 16.6 Å². The monoisotopic (exact) mass is 260 g/mol. The Morgan fingerprint density at radius 1 is 1.53 bits per heavy atom. The summed E-state index contributed by atoms with van der Waals surface area (Å²) in [5.41, 5.74) is 1.60. The van der Waals surface area contributed by atoms with Crippen molar-refractivity contribution in [2.45, 2.75) is 18.6 Å². The molecule has 19 heavy (non-hydrogen) atoms. The summed E-state index contributed by atoms with van der Waals surface area (Å²) in [4.78, 5) is 12.2. The summed E-state index contributed by atoms with van der Waals surface area (Å²) in [6.07, 6.45) is 2.54. The van der Waals surface area contributed by atoms with E-state index >= 15 is 0 Å². The topological polar surface area (TPSA) is 79.0 Å². The van der Waals surface area contributed by atoms with E-state index in [1.54, 1.807) is 13.3 Å². The smallest absolute Gasteiger partial charge is 0.241 e. The van der Waals surface area contributed by atoms with Crippen LogP contribution in [0.1, 0.15) is 6.42 Å². The van der Waals surface area contributed by atoms with E-state index in [2.05, 4.69) is 20.8 Å². The molecule has 1 amide bonds. The third kappa shape index (κ3) is 2.32. The van der Waals surface area contributed by atoms with E-state index in [9.17, 15) is 4.79 Å². The van der Waals surface area contributed by atoms with Gasteiger partial charge in [0.05, 0.1) is 29.5 Å². The average molecular weight is 260 g/mol. The summed E-state index contributed by atoms with van der Waals surface area (Å²) in [6.45, 7) is 0.711. The Labute approximate surface area is 110 Å². The highest BCUT2D eigenvalue weighted by Crippen LogP contribution is 2.21. The first kappa shape index (κ1) is 12.1. The molecule has 0 radical (unpaired) electrons. The number of H-pyrrole nitrogens is 1. The van der Waals surface area contributed by atoms with Crippen molar-refractivity contribution in [3.63, 3.8) is 0 Å². The van der Waals surface area contributed by atoms with Crippen LogP contribution in [0, 0.1) is 0 Å². The number of ether oxygens (including phenoxy) is 1. The molecule has 100 valence electrons. The Morgan fingerprint density at radius 2 is 2.42 bits per heavy atom. The molecule has 1 saturated heterocycles. The van der Waals surface area contributed by atoms with Crippen molar-refractivity contribution in [2.75, 3.05) is 19.0 Å². The predicted molar refractivity (Wildman–Crippen MR) is 71.9 cm³/mol. The van der Waals surface area contributed by atoms with Gasteiger partial charge in [0.2, 0.25) is 5.91 Å². The number of benzene rings is 1. The first-order valence-electron chi connectivity index (χ1n) is 6.27. The summed E-state index contributed by atoms with van der Waals surface area (Å²) < 4.78 is 5.24. The van der Waals surface area contributed by atoms with Crippen LogP contribution < -0.4 is 10.6 Å². The highest BCUT2D eigenvalue weighted by molar-refractivity contribution is 6.02. The molecule has 0 saturated carbocycles. The van der Waals surface area contributed by atoms with Crippen LogP contribution >= 0.6 is 0 Å². The maximum Gasteiger partial charge on any atom is 0.241 e. The number of nitrogens with zero attached hydrogens (tertiary/aromatic N) is 1. The molecule has 3 N–H and O–H groups in total. The molecule has 1 aromatic carbocycles. The molecule has 0 aliphatic carbocycles. The molecule has 6 heteroatoms. The van der Waals surface area contributed by atoms with Gasteiger partial charge in [-0.2, -0.15) is 5.10 Å². The van der Waals surface area contributed by atoms with Crippen molar-refractivity contribution in [1.29, 1.82) is 0 Å². The molecule has 1 aliphatic rings. The standard InChI is InChI=1S/C13H16N4O2/c1-19-9-5-11(14-7-9)13(18)16-10-4-2-3-8-6-15-17-12(8)10/h2-4,6,9,11,14H,5,7H2,1H3,(H,15,17)(H,16,18). The van der Waals surface area contributed by atoms with Crippen molar-refractivity contribution in [3.05, 3.63) is 24.4 Å². The second-order valence-corrected chi connectivity index (χ2v) is 4.68. The first-order valence-corrected chi connectivity index (χ1v) is 6.27. The van der Waals surface area contributed by atoms with Crippen LogP contribution in [0.2, 0.25) is 0 Å². The van der Waals surface area contributed by atoms with Crippen LogP contribution in [0.15, 0.2) is 24.4 Å². The van der Waals surface area contributed by atoms with Gasteiger partial charge < -0.3 is 15.4 Å². The number of fused-ring (bicyclic) bond motifs is 1. The van der Waals surface area contributed by atoms with Gasteiger partial charge in [0.15, 0.2) is 0 Å². The lowest BCUT2D eigenvalue weighted by Crippen LogP contribution is -2.35. The van der Waals surface area contributed by atoms with Gasteiger partial charge in [-0.05, 0) is 12.5 Å². The summed E-state index contributed by atoms with van der Waals surface area (Å²) in [5.74, 6) is -0.0401. The van der Waals surface area contributed by atoms with Crippen LogP contribution in [0.5, 0.6) is 0 Å². The molecule has 0 spiro atoms. The number of rotatable bonds is 3. The molecule has 2 aromatic rings. The summed E-state index contributed by atoms with van der Waals surface area (Å²) in [6, 6.07) is 5.50. The van der Waals surface area contributed by atoms with E-state index in [4.69, 9.17) is 4.74 Å². The molecule has 6 nitrogen and oxygen atoms in total. The van der Waals surface area contributed by atoms with E-state index in [0.29, 0.717) is 13.0 Å². The van der Waals surface area contributed by atoms with Gasteiger partial charge in [0.25, 0.3) is 0 Å². The predicted octanol–water partition coefficient (Wildman–Crippen LogP) is 0.878. The van der Waals surface area contributed by atoms with Crippen molar-refractivity contribution < 1.29 is 9.53 Å². The Balaban J connectivity index is 1.74. The minimum Gasteiger partial charge on any atom is -0.380 e. The van der Waals surface area contributed by atoms with E-state index < -0.39 is 0 Å². The fourth-order valence-corrected chi connectivity index (χ4v) is 2.38. The molecular formula is C13H16N4O2. The van der Waals surface area contributed by atoms with Crippen LogP contribution in [0.25, 0.3) is 10.9 Å². The number of nitrogens with one attached hydrogen (secondary N) is 3. The maximum atomic E-state index is 12.2. The van der Waals surface area contributed by atoms with Gasteiger partial charge in [0.1, 0.15) is 0 Å². The molecule has 2 unspecified atom stereocenters. The summed E-state index contributed by atoms with van der Waals surface area (Å²) in [5, 5.41) is 13.9. The van der Waals surface area contributed by atoms with Crippen LogP contribution in [0.4, 0.5) is 5.69 Å². The zero-order valence-electron chi connectivity index (χ0n) is 10.6. The third-order valence-corrected chi connectivity index (χ3v) is 3.47. The lowest BCUT2D eigenvalue weighted by atomic mass is 10.1. The average Bonchev–Trinajstić information content (AvgIpc) is 3.08. The van der Waals surface area contributed by atoms with E-state index in [1.165, 1.54) is 0 Å². The maximum absolute atomic E-state index is 12.2. The SMILES string of the molecule is COC1CNC(C(=O)Nc2cccc3cn[nH]c23)C1. The highest BCUT2D eigenvalue weighted by atomic mass is 16.5. The lowest BCUT2D eigenvalue weighted by molar-refractivity contribution is -0.117. The minimum absolute atomic E-state index is 0.0401. The van der Waals surface area contributed by atoms with Gasteiger partial charge in [0, 0.05) is 19.0 Å². The fraction of sp³-hybridized carbons (Fsp3) is 0.385. The Hall–Kier alpha value is -1.92. The van der Waals surface area contributed by atoms with E-state index in [1.807, 2.05) is 18.2 Å². The van der Waals surface area contributed by atoms with Gasteiger partial charge >= 0.3 is 0 Å². The zero-order chi connectivity index (χ0) is 13.2. The summed E-state index contributed by atoms with van der Waals surface area (Å²) >= 11 is 0. The highest BCUT2D eigenvalue weighted by Gasteiger charge is 2.29. The molecule has 2 atom stereocenters. The molecule has 3 rings (SSSR count).